The molecule has 1 aliphatic heterocycles. The summed E-state index contributed by atoms with van der Waals surface area (Å²) < 4.78 is 27.1. The third-order valence-electron chi connectivity index (χ3n) is 4.75. The Morgan fingerprint density at radius 2 is 2.00 bits per heavy atom. The second-order valence-electron chi connectivity index (χ2n) is 6.46. The number of aromatic nitrogens is 1. The maximum absolute atomic E-state index is 12.9. The van der Waals surface area contributed by atoms with Gasteiger partial charge in [0.2, 0.25) is 15.9 Å². The Morgan fingerprint density at radius 1 is 1.23 bits per heavy atom. The molecule has 0 spiro atoms. The topological polar surface area (TPSA) is 79.4 Å². The Kier molecular flexibility index (Phi) is 4.77. The third kappa shape index (κ3) is 3.26. The Morgan fingerprint density at radius 3 is 2.73 bits per heavy atom. The van der Waals surface area contributed by atoms with E-state index in [2.05, 4.69) is 10.3 Å². The van der Waals surface area contributed by atoms with E-state index in [1.54, 1.807) is 0 Å². The molecular formula is C17H18ClN3O3S2. The molecule has 1 saturated heterocycles. The summed E-state index contributed by atoms with van der Waals surface area (Å²) in [5, 5.41) is 3.85. The van der Waals surface area contributed by atoms with E-state index in [1.165, 1.54) is 44.8 Å². The number of halogens is 1. The first kappa shape index (κ1) is 17.9. The predicted molar refractivity (Wildman–Crippen MR) is 101 cm³/mol. The van der Waals surface area contributed by atoms with Crippen molar-refractivity contribution in [1.29, 1.82) is 0 Å². The van der Waals surface area contributed by atoms with Gasteiger partial charge >= 0.3 is 0 Å². The van der Waals surface area contributed by atoms with Crippen LogP contribution in [0.25, 0.3) is 0 Å². The van der Waals surface area contributed by atoms with Crippen molar-refractivity contribution in [2.45, 2.75) is 43.0 Å². The number of anilines is 1. The Balaban J connectivity index is 1.53. The summed E-state index contributed by atoms with van der Waals surface area (Å²) in [7, 11) is -3.74. The number of hydrogen-bond donors (Lipinski definition) is 1. The van der Waals surface area contributed by atoms with Crippen LogP contribution in [0.4, 0.5) is 5.13 Å². The van der Waals surface area contributed by atoms with Crippen molar-refractivity contribution in [3.05, 3.63) is 39.9 Å². The fourth-order valence-electron chi connectivity index (χ4n) is 3.46. The fraction of sp³-hybridized carbons (Fsp3) is 0.412. The zero-order valence-corrected chi connectivity index (χ0v) is 16.3. The van der Waals surface area contributed by atoms with E-state index in [1.807, 2.05) is 0 Å². The molecule has 0 saturated carbocycles. The van der Waals surface area contributed by atoms with Crippen LogP contribution >= 0.6 is 22.9 Å². The summed E-state index contributed by atoms with van der Waals surface area (Å²) >= 11 is 7.33. The summed E-state index contributed by atoms with van der Waals surface area (Å²) in [5.74, 6) is -0.313. The summed E-state index contributed by atoms with van der Waals surface area (Å²) in [5.41, 5.74) is 1.06. The summed E-state index contributed by atoms with van der Waals surface area (Å²) in [6.45, 7) is 0.331. The molecule has 1 aliphatic carbocycles. The van der Waals surface area contributed by atoms with E-state index in [0.717, 1.165) is 25.0 Å². The van der Waals surface area contributed by atoms with Crippen LogP contribution in [0.2, 0.25) is 5.02 Å². The number of rotatable bonds is 4. The Bertz CT molecular complexity index is 919. The number of nitrogens with one attached hydrogen (secondary N) is 1. The first-order valence-electron chi connectivity index (χ1n) is 8.52. The number of sulfonamides is 1. The van der Waals surface area contributed by atoms with E-state index in [-0.39, 0.29) is 10.8 Å². The van der Waals surface area contributed by atoms with Crippen LogP contribution in [0.3, 0.4) is 0 Å². The lowest BCUT2D eigenvalue weighted by Gasteiger charge is -2.23. The van der Waals surface area contributed by atoms with Crippen LogP contribution in [0.15, 0.2) is 29.2 Å². The van der Waals surface area contributed by atoms with Gasteiger partial charge in [0.1, 0.15) is 6.04 Å². The molecule has 1 amide bonds. The van der Waals surface area contributed by atoms with E-state index >= 15 is 0 Å². The van der Waals surface area contributed by atoms with E-state index in [4.69, 9.17) is 11.6 Å². The number of carbonyl (C=O) groups excluding carboxylic acids is 1. The molecule has 1 fully saturated rings. The van der Waals surface area contributed by atoms with Crippen molar-refractivity contribution >= 4 is 44.0 Å². The lowest BCUT2D eigenvalue weighted by Crippen LogP contribution is -2.43. The highest BCUT2D eigenvalue weighted by atomic mass is 35.5. The normalized spacial score (nSPS) is 20.3. The molecule has 2 aliphatic rings. The van der Waals surface area contributed by atoms with Gasteiger partial charge in [-0.15, -0.1) is 11.3 Å². The molecule has 0 radical (unpaired) electrons. The first-order chi connectivity index (χ1) is 12.4. The number of thiazole rings is 1. The van der Waals surface area contributed by atoms with E-state index in [0.29, 0.717) is 29.5 Å². The number of fused-ring (bicyclic) bond motifs is 1. The number of aryl methyl sites for hydroxylation is 2. The van der Waals surface area contributed by atoms with Crippen LogP contribution in [0.5, 0.6) is 0 Å². The molecule has 0 unspecified atom stereocenters. The van der Waals surface area contributed by atoms with Crippen LogP contribution in [-0.2, 0) is 27.7 Å². The molecule has 1 aromatic carbocycles. The van der Waals surface area contributed by atoms with Crippen molar-refractivity contribution in [2.24, 2.45) is 0 Å². The first-order valence-corrected chi connectivity index (χ1v) is 11.2. The van der Waals surface area contributed by atoms with Gasteiger partial charge in [-0.05, 0) is 56.4 Å². The van der Waals surface area contributed by atoms with Crippen molar-refractivity contribution in [3.63, 3.8) is 0 Å². The standard InChI is InChI=1S/C17H18ClN3O3S2/c18-11-6-8-12(9-7-11)26(23,24)21-10-2-4-14(21)16(22)20-17-19-13-3-1-5-15(13)25-17/h6-9,14H,1-5,10H2,(H,19,20,22)/t14-/m1/s1. The zero-order valence-electron chi connectivity index (χ0n) is 13.9. The summed E-state index contributed by atoms with van der Waals surface area (Å²) in [6.07, 6.45) is 4.22. The monoisotopic (exact) mass is 411 g/mol. The molecule has 1 atom stereocenters. The average Bonchev–Trinajstić information content (AvgIpc) is 3.30. The number of benzene rings is 1. The van der Waals surface area contributed by atoms with Gasteiger partial charge in [-0.2, -0.15) is 4.31 Å². The quantitative estimate of drug-likeness (QED) is 0.838. The molecule has 0 bridgehead atoms. The van der Waals surface area contributed by atoms with Crippen LogP contribution in [0, 0.1) is 0 Å². The molecule has 26 heavy (non-hydrogen) atoms. The highest BCUT2D eigenvalue weighted by Gasteiger charge is 2.39. The van der Waals surface area contributed by atoms with Crippen LogP contribution < -0.4 is 5.32 Å². The molecular weight excluding hydrogens is 394 g/mol. The zero-order chi connectivity index (χ0) is 18.3. The van der Waals surface area contributed by atoms with Crippen molar-refractivity contribution in [2.75, 3.05) is 11.9 Å². The van der Waals surface area contributed by atoms with Gasteiger partial charge in [0.15, 0.2) is 5.13 Å². The van der Waals surface area contributed by atoms with Crippen molar-refractivity contribution < 1.29 is 13.2 Å². The van der Waals surface area contributed by atoms with Gasteiger partial charge < -0.3 is 5.32 Å². The molecule has 6 nitrogen and oxygen atoms in total. The molecule has 2 aromatic rings. The minimum Gasteiger partial charge on any atom is -0.301 e. The third-order valence-corrected chi connectivity index (χ3v) is 8.00. The van der Waals surface area contributed by atoms with Crippen molar-refractivity contribution in [3.8, 4) is 0 Å². The number of nitrogens with zero attached hydrogens (tertiary/aromatic N) is 2. The largest absolute Gasteiger partial charge is 0.301 e. The molecule has 9 heteroatoms. The molecule has 1 aromatic heterocycles. The van der Waals surface area contributed by atoms with Gasteiger partial charge in [0.25, 0.3) is 0 Å². The molecule has 1 N–H and O–H groups in total. The highest BCUT2D eigenvalue weighted by Crippen LogP contribution is 2.32. The van der Waals surface area contributed by atoms with Crippen molar-refractivity contribution in [1.82, 2.24) is 9.29 Å². The lowest BCUT2D eigenvalue weighted by atomic mass is 10.2. The van der Waals surface area contributed by atoms with Crippen LogP contribution in [-0.4, -0.2) is 36.2 Å². The highest BCUT2D eigenvalue weighted by molar-refractivity contribution is 7.89. The van der Waals surface area contributed by atoms with Gasteiger partial charge in [-0.25, -0.2) is 13.4 Å². The molecule has 4 rings (SSSR count). The van der Waals surface area contributed by atoms with Gasteiger partial charge in [-0.3, -0.25) is 4.79 Å². The maximum Gasteiger partial charge on any atom is 0.244 e. The maximum atomic E-state index is 12.9. The second-order valence-corrected chi connectivity index (χ2v) is 9.87. The summed E-state index contributed by atoms with van der Waals surface area (Å²) in [4.78, 5) is 18.5. The Hall–Kier alpha value is -1.48. The minimum absolute atomic E-state index is 0.148. The average molecular weight is 412 g/mol. The minimum atomic E-state index is -3.74. The smallest absolute Gasteiger partial charge is 0.244 e. The van der Waals surface area contributed by atoms with Gasteiger partial charge in [0, 0.05) is 16.4 Å². The summed E-state index contributed by atoms with van der Waals surface area (Å²) in [6, 6.07) is 5.30. The SMILES string of the molecule is O=C(Nc1nc2c(s1)CCC2)[C@H]1CCCN1S(=O)(=O)c1ccc(Cl)cc1. The number of hydrogen-bond acceptors (Lipinski definition) is 5. The van der Waals surface area contributed by atoms with Gasteiger partial charge in [0.05, 0.1) is 10.6 Å². The number of carbonyl (C=O) groups is 1. The van der Waals surface area contributed by atoms with E-state index in [9.17, 15) is 13.2 Å². The van der Waals surface area contributed by atoms with Crippen LogP contribution in [0.1, 0.15) is 29.8 Å². The Labute approximate surface area is 161 Å². The molecule has 138 valence electrons. The second kappa shape index (κ2) is 6.92. The fourth-order valence-corrected chi connectivity index (χ4v) is 6.30. The van der Waals surface area contributed by atoms with Gasteiger partial charge in [-0.1, -0.05) is 11.6 Å². The number of amides is 1. The predicted octanol–water partition coefficient (Wildman–Crippen LogP) is 3.08. The van der Waals surface area contributed by atoms with E-state index < -0.39 is 16.1 Å². The molecule has 2 heterocycles. The lowest BCUT2D eigenvalue weighted by molar-refractivity contribution is -0.119.